The number of hydrogen-bond donors (Lipinski definition) is 0. The summed E-state index contributed by atoms with van der Waals surface area (Å²) in [5, 5.41) is 14.5. The second-order valence-corrected chi connectivity index (χ2v) is 2.38. The fourth-order valence-corrected chi connectivity index (χ4v) is 1.01. The standard InChI is InChI=1S/C7H12N2O2/c1-3-5-9-6(4-2)7(10)11-8-9/h3-5H2,1-2H3. The van der Waals surface area contributed by atoms with Gasteiger partial charge >= 0.3 is 0 Å². The molecule has 0 saturated carbocycles. The van der Waals surface area contributed by atoms with Crippen molar-refractivity contribution in [2.75, 3.05) is 0 Å². The van der Waals surface area contributed by atoms with Crippen molar-refractivity contribution in [3.63, 3.8) is 0 Å². The van der Waals surface area contributed by atoms with E-state index in [1.165, 1.54) is 0 Å². The van der Waals surface area contributed by atoms with Crippen molar-refractivity contribution in [2.45, 2.75) is 33.2 Å². The smallest absolute Gasteiger partial charge is 0.233 e. The molecule has 11 heavy (non-hydrogen) atoms. The van der Waals surface area contributed by atoms with E-state index in [1.54, 1.807) is 4.68 Å². The van der Waals surface area contributed by atoms with E-state index in [4.69, 9.17) is 0 Å². The summed E-state index contributed by atoms with van der Waals surface area (Å²) < 4.78 is 6.12. The first-order valence-corrected chi connectivity index (χ1v) is 3.85. The van der Waals surface area contributed by atoms with Crippen molar-refractivity contribution in [2.24, 2.45) is 0 Å². The third kappa shape index (κ3) is 1.50. The van der Waals surface area contributed by atoms with Gasteiger partial charge in [0.05, 0.1) is 5.27 Å². The lowest BCUT2D eigenvalue weighted by molar-refractivity contribution is -0.768. The molecule has 0 aliphatic heterocycles. The van der Waals surface area contributed by atoms with Gasteiger partial charge in [-0.3, -0.25) is 0 Å². The molecular weight excluding hydrogens is 144 g/mol. The average molecular weight is 156 g/mol. The minimum absolute atomic E-state index is 0.305. The number of aryl methyl sites for hydroxylation is 1. The number of hydrogen-bond acceptors (Lipinski definition) is 3. The Labute approximate surface area is 65.4 Å². The second kappa shape index (κ2) is 3.37. The van der Waals surface area contributed by atoms with Gasteiger partial charge in [-0.05, 0) is 0 Å². The molecule has 0 unspecified atom stereocenters. The first kappa shape index (κ1) is 8.04. The molecule has 1 aromatic rings. The van der Waals surface area contributed by atoms with Crippen LogP contribution in [0.5, 0.6) is 5.95 Å². The second-order valence-electron chi connectivity index (χ2n) is 2.38. The van der Waals surface area contributed by atoms with Crippen molar-refractivity contribution in [3.8, 4) is 5.95 Å². The molecule has 4 heteroatoms. The maximum absolute atomic E-state index is 10.9. The highest BCUT2D eigenvalue weighted by Gasteiger charge is 2.12. The average Bonchev–Trinajstić information content (AvgIpc) is 2.33. The van der Waals surface area contributed by atoms with Crippen LogP contribution in [0.4, 0.5) is 0 Å². The van der Waals surface area contributed by atoms with E-state index in [0.717, 1.165) is 13.0 Å². The maximum Gasteiger partial charge on any atom is 0.233 e. The van der Waals surface area contributed by atoms with Gasteiger partial charge in [0.2, 0.25) is 5.69 Å². The van der Waals surface area contributed by atoms with Gasteiger partial charge in [-0.2, -0.15) is 0 Å². The normalized spacial score (nSPS) is 10.4. The Morgan fingerprint density at radius 3 is 2.82 bits per heavy atom. The van der Waals surface area contributed by atoms with Crippen LogP contribution in [0, 0.1) is 0 Å². The highest BCUT2D eigenvalue weighted by atomic mass is 16.6. The van der Waals surface area contributed by atoms with E-state index < -0.39 is 0 Å². The minimum Gasteiger partial charge on any atom is -0.539 e. The molecule has 0 amide bonds. The SMILES string of the molecule is CCC[n+]1noc([O-])c1CC. The van der Waals surface area contributed by atoms with Gasteiger partial charge in [0.25, 0.3) is 0 Å². The number of rotatable bonds is 3. The first-order chi connectivity index (χ1) is 5.29. The lowest BCUT2D eigenvalue weighted by atomic mass is 10.3. The van der Waals surface area contributed by atoms with Crippen LogP contribution >= 0.6 is 0 Å². The van der Waals surface area contributed by atoms with Gasteiger partial charge in [-0.15, -0.1) is 0 Å². The zero-order valence-corrected chi connectivity index (χ0v) is 6.83. The predicted octanol–water partition coefficient (Wildman–Crippen LogP) is 0.00810. The molecule has 0 N–H and O–H groups in total. The van der Waals surface area contributed by atoms with Gasteiger partial charge in [-0.1, -0.05) is 18.5 Å². The molecule has 0 spiro atoms. The summed E-state index contributed by atoms with van der Waals surface area (Å²) in [4.78, 5) is 0. The Hall–Kier alpha value is -1.06. The molecule has 1 aromatic heterocycles. The van der Waals surface area contributed by atoms with Crippen molar-refractivity contribution in [1.29, 1.82) is 0 Å². The van der Waals surface area contributed by atoms with Gasteiger partial charge in [0.1, 0.15) is 0 Å². The molecule has 1 rings (SSSR count). The number of nitrogens with zero attached hydrogens (tertiary/aromatic N) is 2. The lowest BCUT2D eigenvalue weighted by Crippen LogP contribution is -2.39. The van der Waals surface area contributed by atoms with Gasteiger partial charge in [0, 0.05) is 12.8 Å². The molecule has 1 heterocycles. The fourth-order valence-electron chi connectivity index (χ4n) is 1.01. The van der Waals surface area contributed by atoms with E-state index in [9.17, 15) is 5.11 Å². The maximum atomic E-state index is 10.9. The largest absolute Gasteiger partial charge is 0.539 e. The summed E-state index contributed by atoms with van der Waals surface area (Å²) in [6, 6.07) is 0. The minimum atomic E-state index is -0.305. The zero-order valence-electron chi connectivity index (χ0n) is 6.83. The van der Waals surface area contributed by atoms with E-state index >= 15 is 0 Å². The predicted molar refractivity (Wildman–Crippen MR) is 35.8 cm³/mol. The quantitative estimate of drug-likeness (QED) is 0.579. The Kier molecular flexibility index (Phi) is 2.46. The summed E-state index contributed by atoms with van der Waals surface area (Å²) >= 11 is 0. The molecule has 0 radical (unpaired) electrons. The topological polar surface area (TPSA) is 53.0 Å². The van der Waals surface area contributed by atoms with Crippen molar-refractivity contribution in [3.05, 3.63) is 5.69 Å². The van der Waals surface area contributed by atoms with Crippen LogP contribution in [0.25, 0.3) is 0 Å². The third-order valence-corrected chi connectivity index (χ3v) is 1.54. The first-order valence-electron chi connectivity index (χ1n) is 3.85. The molecule has 0 saturated heterocycles. The zero-order chi connectivity index (χ0) is 8.27. The van der Waals surface area contributed by atoms with Crippen LogP contribution < -0.4 is 9.79 Å². The number of aromatic nitrogens is 2. The van der Waals surface area contributed by atoms with Crippen molar-refractivity contribution >= 4 is 0 Å². The molecule has 4 nitrogen and oxygen atoms in total. The molecular formula is C7H12N2O2. The molecule has 62 valence electrons. The van der Waals surface area contributed by atoms with E-state index in [1.807, 2.05) is 13.8 Å². The summed E-state index contributed by atoms with van der Waals surface area (Å²) in [6.45, 7) is 4.71. The van der Waals surface area contributed by atoms with Gasteiger partial charge in [-0.25, -0.2) is 0 Å². The van der Waals surface area contributed by atoms with E-state index in [-0.39, 0.29) is 5.95 Å². The molecule has 0 bridgehead atoms. The monoisotopic (exact) mass is 156 g/mol. The summed E-state index contributed by atoms with van der Waals surface area (Å²) in [5.74, 6) is -0.305. The van der Waals surface area contributed by atoms with Gasteiger partial charge in [0.15, 0.2) is 12.5 Å². The molecule has 0 fully saturated rings. The Bertz CT molecular complexity index is 232. The Morgan fingerprint density at radius 1 is 1.55 bits per heavy atom. The van der Waals surface area contributed by atoms with Crippen LogP contribution in [0.3, 0.4) is 0 Å². The van der Waals surface area contributed by atoms with E-state index in [0.29, 0.717) is 12.1 Å². The highest BCUT2D eigenvalue weighted by Crippen LogP contribution is 2.06. The van der Waals surface area contributed by atoms with Crippen molar-refractivity contribution < 1.29 is 14.3 Å². The Balaban J connectivity index is 2.86. The van der Waals surface area contributed by atoms with E-state index in [2.05, 4.69) is 9.79 Å². The molecule has 0 aromatic carbocycles. The summed E-state index contributed by atoms with van der Waals surface area (Å²) in [5.41, 5.74) is 0.659. The fraction of sp³-hybridized carbons (Fsp3) is 0.714. The molecule has 0 aliphatic carbocycles. The highest BCUT2D eigenvalue weighted by molar-refractivity contribution is 5.01. The molecule has 0 aliphatic rings. The van der Waals surface area contributed by atoms with Crippen LogP contribution in [0.2, 0.25) is 0 Å². The van der Waals surface area contributed by atoms with Crippen LogP contribution in [-0.2, 0) is 13.0 Å². The summed E-state index contributed by atoms with van der Waals surface area (Å²) in [6.07, 6.45) is 1.64. The molecule has 0 atom stereocenters. The summed E-state index contributed by atoms with van der Waals surface area (Å²) in [7, 11) is 0. The van der Waals surface area contributed by atoms with Crippen molar-refractivity contribution in [1.82, 2.24) is 5.27 Å². The third-order valence-electron chi connectivity index (χ3n) is 1.54. The van der Waals surface area contributed by atoms with Crippen LogP contribution in [0.1, 0.15) is 26.0 Å². The van der Waals surface area contributed by atoms with Gasteiger partial charge < -0.3 is 9.63 Å². The lowest BCUT2D eigenvalue weighted by Gasteiger charge is -1.91. The van der Waals surface area contributed by atoms with Crippen LogP contribution in [0.15, 0.2) is 4.52 Å². The van der Waals surface area contributed by atoms with Crippen LogP contribution in [-0.4, -0.2) is 5.27 Å². The Morgan fingerprint density at radius 2 is 2.27 bits per heavy atom.